The summed E-state index contributed by atoms with van der Waals surface area (Å²) in [5, 5.41) is 2.37. The Morgan fingerprint density at radius 2 is 2.00 bits per heavy atom. The quantitative estimate of drug-likeness (QED) is 0.669. The molecule has 100 valence electrons. The molecule has 0 fully saturated rings. The SMILES string of the molecule is COC(CC(=O)Nc1cc(F)cc(F)c1Br)OC. The Hall–Kier alpha value is -1.05. The van der Waals surface area contributed by atoms with Crippen LogP contribution in [0.25, 0.3) is 0 Å². The van der Waals surface area contributed by atoms with Crippen LogP contribution in [0.5, 0.6) is 0 Å². The van der Waals surface area contributed by atoms with E-state index in [4.69, 9.17) is 9.47 Å². The number of benzene rings is 1. The van der Waals surface area contributed by atoms with Gasteiger partial charge >= 0.3 is 0 Å². The molecule has 1 N–H and O–H groups in total. The molecule has 18 heavy (non-hydrogen) atoms. The summed E-state index contributed by atoms with van der Waals surface area (Å²) in [6, 6.07) is 1.73. The van der Waals surface area contributed by atoms with E-state index >= 15 is 0 Å². The number of amides is 1. The molecule has 0 unspecified atom stereocenters. The van der Waals surface area contributed by atoms with Crippen molar-refractivity contribution in [3.05, 3.63) is 28.2 Å². The maximum absolute atomic E-state index is 13.2. The van der Waals surface area contributed by atoms with Gasteiger partial charge in [0.15, 0.2) is 6.29 Å². The molecule has 1 aromatic carbocycles. The number of carbonyl (C=O) groups is 1. The second kappa shape index (κ2) is 6.77. The molecular weight excluding hydrogens is 312 g/mol. The van der Waals surface area contributed by atoms with Gasteiger partial charge in [-0.1, -0.05) is 0 Å². The molecule has 0 aliphatic rings. The second-order valence-electron chi connectivity index (χ2n) is 3.40. The van der Waals surface area contributed by atoms with Crippen molar-refractivity contribution >= 4 is 27.5 Å². The van der Waals surface area contributed by atoms with Crippen molar-refractivity contribution in [2.75, 3.05) is 19.5 Å². The normalized spacial score (nSPS) is 10.8. The summed E-state index contributed by atoms with van der Waals surface area (Å²) in [6.07, 6.45) is -0.792. The Morgan fingerprint density at radius 1 is 1.39 bits per heavy atom. The Labute approximate surface area is 111 Å². The van der Waals surface area contributed by atoms with Gasteiger partial charge in [-0.2, -0.15) is 0 Å². The van der Waals surface area contributed by atoms with Crippen LogP contribution in [0, 0.1) is 11.6 Å². The van der Waals surface area contributed by atoms with Gasteiger partial charge in [0.25, 0.3) is 0 Å². The fourth-order valence-electron chi connectivity index (χ4n) is 1.26. The molecule has 0 aliphatic carbocycles. The van der Waals surface area contributed by atoms with Crippen LogP contribution in [0.1, 0.15) is 6.42 Å². The number of halogens is 3. The first-order valence-corrected chi connectivity index (χ1v) is 5.77. The summed E-state index contributed by atoms with van der Waals surface area (Å²) >= 11 is 2.92. The summed E-state index contributed by atoms with van der Waals surface area (Å²) in [4.78, 5) is 11.6. The van der Waals surface area contributed by atoms with Crippen molar-refractivity contribution in [3.8, 4) is 0 Å². The van der Waals surface area contributed by atoms with Crippen LogP contribution in [-0.2, 0) is 14.3 Å². The second-order valence-corrected chi connectivity index (χ2v) is 4.20. The van der Waals surface area contributed by atoms with Crippen LogP contribution < -0.4 is 5.32 Å². The molecule has 7 heteroatoms. The number of rotatable bonds is 5. The summed E-state index contributed by atoms with van der Waals surface area (Å²) < 4.78 is 35.9. The fourth-order valence-corrected chi connectivity index (χ4v) is 1.59. The van der Waals surface area contributed by atoms with Gasteiger partial charge in [-0.3, -0.25) is 4.79 Å². The maximum Gasteiger partial charge on any atom is 0.229 e. The van der Waals surface area contributed by atoms with E-state index in [0.29, 0.717) is 6.07 Å². The predicted molar refractivity (Wildman–Crippen MR) is 65.1 cm³/mol. The fraction of sp³-hybridized carbons (Fsp3) is 0.364. The molecule has 0 bridgehead atoms. The van der Waals surface area contributed by atoms with Crippen molar-refractivity contribution in [3.63, 3.8) is 0 Å². The standard InChI is InChI=1S/C11H12BrF2NO3/c1-17-10(18-2)5-9(16)15-8-4-6(13)3-7(14)11(8)12/h3-4,10H,5H2,1-2H3,(H,15,16). The van der Waals surface area contributed by atoms with Crippen LogP contribution in [0.15, 0.2) is 16.6 Å². The van der Waals surface area contributed by atoms with Crippen molar-refractivity contribution in [2.45, 2.75) is 12.7 Å². The van der Waals surface area contributed by atoms with Gasteiger partial charge in [-0.25, -0.2) is 8.78 Å². The minimum absolute atomic E-state index is 0.0105. The van der Waals surface area contributed by atoms with E-state index < -0.39 is 23.8 Å². The van der Waals surface area contributed by atoms with Gasteiger partial charge in [-0.15, -0.1) is 0 Å². The van der Waals surface area contributed by atoms with Crippen molar-refractivity contribution in [2.24, 2.45) is 0 Å². The molecule has 1 amide bonds. The lowest BCUT2D eigenvalue weighted by molar-refractivity contribution is -0.134. The van der Waals surface area contributed by atoms with Gasteiger partial charge in [0.1, 0.15) is 11.6 Å². The lowest BCUT2D eigenvalue weighted by atomic mass is 10.3. The predicted octanol–water partition coefficient (Wildman–Crippen LogP) is 2.67. The Morgan fingerprint density at radius 3 is 2.56 bits per heavy atom. The Balaban J connectivity index is 2.76. The van der Waals surface area contributed by atoms with Crippen LogP contribution in [0.2, 0.25) is 0 Å². The molecule has 0 aliphatic heterocycles. The number of hydrogen-bond acceptors (Lipinski definition) is 3. The number of anilines is 1. The highest BCUT2D eigenvalue weighted by atomic mass is 79.9. The van der Waals surface area contributed by atoms with Gasteiger partial charge in [0.05, 0.1) is 16.6 Å². The van der Waals surface area contributed by atoms with E-state index in [-0.39, 0.29) is 16.6 Å². The highest BCUT2D eigenvalue weighted by Gasteiger charge is 2.15. The molecule has 0 heterocycles. The van der Waals surface area contributed by atoms with Gasteiger partial charge < -0.3 is 14.8 Å². The van der Waals surface area contributed by atoms with Crippen LogP contribution in [0.3, 0.4) is 0 Å². The monoisotopic (exact) mass is 323 g/mol. The average molecular weight is 324 g/mol. The third-order valence-corrected chi connectivity index (χ3v) is 2.95. The van der Waals surface area contributed by atoms with Gasteiger partial charge in [-0.05, 0) is 22.0 Å². The largest absolute Gasteiger partial charge is 0.355 e. The highest BCUT2D eigenvalue weighted by Crippen LogP contribution is 2.27. The maximum atomic E-state index is 13.2. The van der Waals surface area contributed by atoms with Crippen molar-refractivity contribution in [1.29, 1.82) is 0 Å². The topological polar surface area (TPSA) is 47.6 Å². The van der Waals surface area contributed by atoms with E-state index in [1.807, 2.05) is 0 Å². The molecule has 0 aromatic heterocycles. The Kier molecular flexibility index (Phi) is 5.64. The van der Waals surface area contributed by atoms with E-state index in [9.17, 15) is 13.6 Å². The molecule has 0 spiro atoms. The van der Waals surface area contributed by atoms with Gasteiger partial charge in [0, 0.05) is 20.3 Å². The molecule has 0 saturated carbocycles. The first-order chi connectivity index (χ1) is 8.47. The number of nitrogens with one attached hydrogen (secondary N) is 1. The Bertz CT molecular complexity index is 439. The number of carbonyl (C=O) groups excluding carboxylic acids is 1. The van der Waals surface area contributed by atoms with E-state index in [1.54, 1.807) is 0 Å². The van der Waals surface area contributed by atoms with Crippen LogP contribution >= 0.6 is 15.9 Å². The third-order valence-electron chi connectivity index (χ3n) is 2.14. The van der Waals surface area contributed by atoms with Crippen molar-refractivity contribution < 1.29 is 23.0 Å². The minimum Gasteiger partial charge on any atom is -0.355 e. The smallest absolute Gasteiger partial charge is 0.229 e. The summed E-state index contributed by atoms with van der Waals surface area (Å²) in [7, 11) is 2.78. The van der Waals surface area contributed by atoms with E-state index in [2.05, 4.69) is 21.2 Å². The zero-order valence-electron chi connectivity index (χ0n) is 9.80. The number of ether oxygens (including phenoxy) is 2. The first-order valence-electron chi connectivity index (χ1n) is 4.98. The molecule has 4 nitrogen and oxygen atoms in total. The van der Waals surface area contributed by atoms with Crippen molar-refractivity contribution in [1.82, 2.24) is 0 Å². The zero-order valence-corrected chi connectivity index (χ0v) is 11.4. The lowest BCUT2D eigenvalue weighted by Gasteiger charge is -2.13. The lowest BCUT2D eigenvalue weighted by Crippen LogP contribution is -2.23. The molecule has 0 atom stereocenters. The summed E-state index contributed by atoms with van der Waals surface area (Å²) in [5.74, 6) is -2.05. The molecular formula is C11H12BrF2NO3. The zero-order chi connectivity index (χ0) is 13.7. The average Bonchev–Trinajstić information content (AvgIpc) is 2.32. The first kappa shape index (κ1) is 15.0. The summed E-state index contributed by atoms with van der Waals surface area (Å²) in [5.41, 5.74) is 0.0171. The van der Waals surface area contributed by atoms with Gasteiger partial charge in [0.2, 0.25) is 5.91 Å². The molecule has 0 saturated heterocycles. The highest BCUT2D eigenvalue weighted by molar-refractivity contribution is 9.10. The molecule has 1 aromatic rings. The minimum atomic E-state index is -0.791. The van der Waals surface area contributed by atoms with E-state index in [1.165, 1.54) is 14.2 Å². The number of hydrogen-bond donors (Lipinski definition) is 1. The molecule has 1 rings (SSSR count). The van der Waals surface area contributed by atoms with E-state index in [0.717, 1.165) is 6.07 Å². The number of methoxy groups -OCH3 is 2. The third kappa shape index (κ3) is 4.01. The molecule has 0 radical (unpaired) electrons. The summed E-state index contributed by atoms with van der Waals surface area (Å²) in [6.45, 7) is 0. The van der Waals surface area contributed by atoms with Crippen LogP contribution in [0.4, 0.5) is 14.5 Å². The van der Waals surface area contributed by atoms with Crippen LogP contribution in [-0.4, -0.2) is 26.4 Å².